The highest BCUT2D eigenvalue weighted by atomic mass is 16.5. The van der Waals surface area contributed by atoms with Crippen molar-refractivity contribution in [3.63, 3.8) is 0 Å². The summed E-state index contributed by atoms with van der Waals surface area (Å²) in [7, 11) is 4.29. The number of nitrogens with two attached hydrogens (primary N) is 1. The van der Waals surface area contributed by atoms with Crippen LogP contribution in [0.15, 0.2) is 4.99 Å². The van der Waals surface area contributed by atoms with Crippen molar-refractivity contribution in [3.8, 4) is 0 Å². The minimum Gasteiger partial charge on any atom is -0.382 e. The first-order valence-corrected chi connectivity index (χ1v) is 7.65. The number of rotatable bonds is 8. The molecule has 0 heterocycles. The van der Waals surface area contributed by atoms with E-state index in [2.05, 4.69) is 34.7 Å². The summed E-state index contributed by atoms with van der Waals surface area (Å²) in [6.45, 7) is 5.14. The highest BCUT2D eigenvalue weighted by molar-refractivity contribution is 5.79. The van der Waals surface area contributed by atoms with Crippen LogP contribution in [0.5, 0.6) is 0 Å². The van der Waals surface area contributed by atoms with Crippen molar-refractivity contribution in [2.75, 3.05) is 40.4 Å². The molecule has 20 heavy (non-hydrogen) atoms. The third-order valence-electron chi connectivity index (χ3n) is 4.11. The topological polar surface area (TPSA) is 74.9 Å². The van der Waals surface area contributed by atoms with E-state index in [-0.39, 0.29) is 5.54 Å². The Morgan fingerprint density at radius 1 is 1.35 bits per heavy atom. The first kappa shape index (κ1) is 17.2. The minimum absolute atomic E-state index is 0.203. The van der Waals surface area contributed by atoms with E-state index in [1.807, 2.05) is 6.92 Å². The zero-order valence-corrected chi connectivity index (χ0v) is 13.2. The minimum atomic E-state index is 0.203. The van der Waals surface area contributed by atoms with Gasteiger partial charge < -0.3 is 15.0 Å². The van der Waals surface area contributed by atoms with Gasteiger partial charge in [-0.25, -0.2) is 5.84 Å². The van der Waals surface area contributed by atoms with Crippen LogP contribution in [0, 0.1) is 0 Å². The van der Waals surface area contributed by atoms with E-state index in [1.165, 1.54) is 25.7 Å². The molecule has 0 aromatic carbocycles. The molecule has 4 N–H and O–H groups in total. The number of nitrogens with zero attached hydrogens (tertiary/aromatic N) is 2. The van der Waals surface area contributed by atoms with E-state index in [0.717, 1.165) is 32.7 Å². The Morgan fingerprint density at radius 3 is 2.60 bits per heavy atom. The molecule has 1 aliphatic carbocycles. The van der Waals surface area contributed by atoms with Gasteiger partial charge in [0.25, 0.3) is 0 Å². The lowest BCUT2D eigenvalue weighted by atomic mass is 9.96. The van der Waals surface area contributed by atoms with Gasteiger partial charge in [0.2, 0.25) is 5.96 Å². The van der Waals surface area contributed by atoms with Crippen molar-refractivity contribution in [2.45, 2.75) is 44.6 Å². The summed E-state index contributed by atoms with van der Waals surface area (Å²) in [6, 6.07) is 0. The van der Waals surface area contributed by atoms with Gasteiger partial charge in [-0.2, -0.15) is 0 Å². The first-order valence-electron chi connectivity index (χ1n) is 7.65. The van der Waals surface area contributed by atoms with E-state index in [9.17, 15) is 0 Å². The van der Waals surface area contributed by atoms with Gasteiger partial charge >= 0.3 is 0 Å². The number of hydrogen-bond acceptors (Lipinski definition) is 4. The number of aliphatic imine (C=N–C) groups is 1. The van der Waals surface area contributed by atoms with Gasteiger partial charge in [0.15, 0.2) is 0 Å². The van der Waals surface area contributed by atoms with Gasteiger partial charge in [0.05, 0.1) is 6.54 Å². The highest BCUT2D eigenvalue weighted by Gasteiger charge is 2.35. The van der Waals surface area contributed by atoms with Crippen molar-refractivity contribution in [1.29, 1.82) is 0 Å². The summed E-state index contributed by atoms with van der Waals surface area (Å²) in [5.74, 6) is 6.21. The van der Waals surface area contributed by atoms with Crippen LogP contribution >= 0.6 is 0 Å². The van der Waals surface area contributed by atoms with Crippen molar-refractivity contribution in [3.05, 3.63) is 0 Å². The molecule has 0 aromatic heterocycles. The van der Waals surface area contributed by atoms with Crippen molar-refractivity contribution in [2.24, 2.45) is 10.8 Å². The molecule has 0 radical (unpaired) electrons. The monoisotopic (exact) mass is 285 g/mol. The lowest BCUT2D eigenvalue weighted by Gasteiger charge is -2.35. The molecule has 0 amide bonds. The maximum absolute atomic E-state index is 5.53. The Balaban J connectivity index is 2.39. The Bertz CT molecular complexity index is 287. The van der Waals surface area contributed by atoms with Crippen LogP contribution in [0.1, 0.15) is 39.0 Å². The van der Waals surface area contributed by atoms with Crippen molar-refractivity contribution >= 4 is 5.96 Å². The second-order valence-corrected chi connectivity index (χ2v) is 5.61. The Morgan fingerprint density at radius 2 is 2.05 bits per heavy atom. The third kappa shape index (κ3) is 5.26. The number of hydrazine groups is 1. The van der Waals surface area contributed by atoms with Crippen LogP contribution in [0.4, 0.5) is 0 Å². The highest BCUT2D eigenvalue weighted by Crippen LogP contribution is 2.33. The van der Waals surface area contributed by atoms with Crippen LogP contribution < -0.4 is 16.6 Å². The maximum atomic E-state index is 5.53. The van der Waals surface area contributed by atoms with Crippen LogP contribution in [-0.2, 0) is 4.74 Å². The van der Waals surface area contributed by atoms with Crippen LogP contribution in [-0.4, -0.2) is 56.8 Å². The molecule has 1 saturated carbocycles. The smallest absolute Gasteiger partial charge is 0.205 e. The summed E-state index contributed by atoms with van der Waals surface area (Å²) in [5, 5.41) is 3.22. The Labute approximate surface area is 123 Å². The molecule has 0 spiro atoms. The second kappa shape index (κ2) is 9.15. The fourth-order valence-corrected chi connectivity index (χ4v) is 2.68. The molecule has 1 fully saturated rings. The summed E-state index contributed by atoms with van der Waals surface area (Å²) >= 11 is 0. The average molecular weight is 285 g/mol. The van der Waals surface area contributed by atoms with E-state index >= 15 is 0 Å². The predicted octanol–water partition coefficient (Wildman–Crippen LogP) is 0.696. The van der Waals surface area contributed by atoms with Gasteiger partial charge in [-0.1, -0.05) is 12.8 Å². The Kier molecular flexibility index (Phi) is 7.87. The molecule has 0 saturated heterocycles. The summed E-state index contributed by atoms with van der Waals surface area (Å²) < 4.78 is 5.30. The molecule has 6 heteroatoms. The number of ether oxygens (including phenoxy) is 1. The number of guanidine groups is 1. The fourth-order valence-electron chi connectivity index (χ4n) is 2.68. The zero-order chi connectivity index (χ0) is 14.8. The van der Waals surface area contributed by atoms with E-state index in [1.54, 1.807) is 0 Å². The van der Waals surface area contributed by atoms with Gasteiger partial charge in [0.1, 0.15) is 0 Å². The molecule has 1 aliphatic rings. The van der Waals surface area contributed by atoms with Crippen LogP contribution in [0.25, 0.3) is 0 Å². The first-order chi connectivity index (χ1) is 9.64. The third-order valence-corrected chi connectivity index (χ3v) is 4.11. The van der Waals surface area contributed by atoms with Crippen LogP contribution in [0.2, 0.25) is 0 Å². The van der Waals surface area contributed by atoms with Crippen molar-refractivity contribution in [1.82, 2.24) is 15.6 Å². The standard InChI is InChI=1S/C14H31N5O/c1-4-20-11-7-10-16-13(18-15)17-12-14(19(2)3)8-5-6-9-14/h4-12,15H2,1-3H3,(H2,16,17,18). The number of nitrogens with one attached hydrogen (secondary N) is 2. The van der Waals surface area contributed by atoms with Crippen LogP contribution in [0.3, 0.4) is 0 Å². The average Bonchev–Trinajstić information content (AvgIpc) is 2.92. The molecule has 0 aliphatic heterocycles. The molecule has 1 rings (SSSR count). The Hall–Kier alpha value is -0.850. The lowest BCUT2D eigenvalue weighted by molar-refractivity contribution is 0.145. The predicted molar refractivity (Wildman–Crippen MR) is 83.6 cm³/mol. The maximum Gasteiger partial charge on any atom is 0.205 e. The molecule has 0 unspecified atom stereocenters. The molecule has 0 bridgehead atoms. The SMILES string of the molecule is CCOCCCNC(=NCC1(N(C)C)CCCC1)NN. The second-order valence-electron chi connectivity index (χ2n) is 5.61. The normalized spacial score (nSPS) is 18.6. The van der Waals surface area contributed by atoms with Gasteiger partial charge in [-0.3, -0.25) is 10.4 Å². The number of likely N-dealkylation sites (N-methyl/N-ethyl adjacent to an activating group) is 1. The summed E-state index contributed by atoms with van der Waals surface area (Å²) in [6.07, 6.45) is 5.96. The number of hydrogen-bond donors (Lipinski definition) is 3. The van der Waals surface area contributed by atoms with Crippen molar-refractivity contribution < 1.29 is 4.74 Å². The van der Waals surface area contributed by atoms with Gasteiger partial charge in [-0.05, 0) is 40.3 Å². The van der Waals surface area contributed by atoms with Gasteiger partial charge in [-0.15, -0.1) is 0 Å². The van der Waals surface area contributed by atoms with Gasteiger partial charge in [0, 0.05) is 25.3 Å². The zero-order valence-electron chi connectivity index (χ0n) is 13.2. The molecule has 118 valence electrons. The van der Waals surface area contributed by atoms with E-state index in [0.29, 0.717) is 5.96 Å². The summed E-state index contributed by atoms with van der Waals surface area (Å²) in [5.41, 5.74) is 2.86. The van der Waals surface area contributed by atoms with E-state index in [4.69, 9.17) is 10.6 Å². The largest absolute Gasteiger partial charge is 0.382 e. The molecule has 0 aromatic rings. The molecule has 0 atom stereocenters. The molecular formula is C14H31N5O. The summed E-state index contributed by atoms with van der Waals surface area (Å²) in [4.78, 5) is 6.93. The molecule has 6 nitrogen and oxygen atoms in total. The van der Waals surface area contributed by atoms with E-state index < -0.39 is 0 Å². The quantitative estimate of drug-likeness (QED) is 0.201. The lowest BCUT2D eigenvalue weighted by Crippen LogP contribution is -2.47. The molecular weight excluding hydrogens is 254 g/mol. The fraction of sp³-hybridized carbons (Fsp3) is 0.929.